The third kappa shape index (κ3) is 1.76. The zero-order valence-electron chi connectivity index (χ0n) is 11.5. The van der Waals surface area contributed by atoms with Crippen molar-refractivity contribution >= 4 is 26.3 Å². The van der Waals surface area contributed by atoms with Crippen molar-refractivity contribution in [3.05, 3.63) is 72.8 Å². The fourth-order valence-corrected chi connectivity index (χ4v) is 7.72. The molecule has 0 nitrogen and oxygen atoms in total. The summed E-state index contributed by atoms with van der Waals surface area (Å²) in [5.74, 6) is 0. The molecule has 21 heavy (non-hydrogen) atoms. The van der Waals surface area contributed by atoms with E-state index in [0.29, 0.717) is 0 Å². The summed E-state index contributed by atoms with van der Waals surface area (Å²) in [4.78, 5) is 0. The fraction of sp³-hybridized carbons (Fsp3) is 0. The quantitative estimate of drug-likeness (QED) is 0.374. The Kier molecular flexibility index (Phi) is 2.59. The van der Waals surface area contributed by atoms with Crippen LogP contribution in [-0.2, 0) is 29.2 Å². The molecule has 0 radical (unpaired) electrons. The van der Waals surface area contributed by atoms with Gasteiger partial charge >= 0.3 is 139 Å². The molecule has 4 aromatic carbocycles. The normalized spacial score (nSPS) is 11.8. The summed E-state index contributed by atoms with van der Waals surface area (Å²) in [6.45, 7) is 0. The first-order chi connectivity index (χ1) is 10.4. The van der Waals surface area contributed by atoms with Crippen LogP contribution in [0.5, 0.6) is 0 Å². The Hall–Kier alpha value is -1.50. The monoisotopic (exact) mass is 341 g/mol. The van der Waals surface area contributed by atoms with E-state index >= 15 is 0 Å². The van der Waals surface area contributed by atoms with Gasteiger partial charge in [-0.15, -0.1) is 0 Å². The van der Waals surface area contributed by atoms with Crippen molar-refractivity contribution in [3.8, 4) is 11.1 Å². The molecule has 4 aromatic rings. The van der Waals surface area contributed by atoms with Crippen LogP contribution in [0.1, 0.15) is 0 Å². The summed E-state index contributed by atoms with van der Waals surface area (Å²) in [5.41, 5.74) is 2.98. The molecule has 0 unspecified atom stereocenters. The molecular weight excluding hydrogens is 329 g/mol. The van der Waals surface area contributed by atoms with Gasteiger partial charge in [0, 0.05) is 0 Å². The van der Waals surface area contributed by atoms with Gasteiger partial charge in [-0.3, -0.25) is 0 Å². The molecule has 0 fully saturated rings. The van der Waals surface area contributed by atoms with Gasteiger partial charge in [-0.1, -0.05) is 0 Å². The van der Waals surface area contributed by atoms with Crippen molar-refractivity contribution in [1.82, 2.24) is 0 Å². The third-order valence-corrected chi connectivity index (χ3v) is 8.72. The molecule has 1 heteroatoms. The first kappa shape index (κ1) is 12.1. The Morgan fingerprint density at radius 3 is 2.24 bits per heavy atom. The summed E-state index contributed by atoms with van der Waals surface area (Å²) >= 11 is -0.865. The average Bonchev–Trinajstić information content (AvgIpc) is 2.92. The van der Waals surface area contributed by atoms with Gasteiger partial charge in [-0.05, 0) is 0 Å². The van der Waals surface area contributed by atoms with Crippen LogP contribution in [0.25, 0.3) is 32.7 Å². The Balaban J connectivity index is 1.89. The summed E-state index contributed by atoms with van der Waals surface area (Å²) < 4.78 is 3.32. The molecule has 0 atom stereocenters. The Morgan fingerprint density at radius 2 is 1.33 bits per heavy atom. The molecule has 1 aliphatic heterocycles. The van der Waals surface area contributed by atoms with Crippen LogP contribution in [0.15, 0.2) is 72.8 Å². The van der Waals surface area contributed by atoms with Crippen molar-refractivity contribution < 1.29 is 29.2 Å². The summed E-state index contributed by atoms with van der Waals surface area (Å²) in [6.07, 6.45) is 0. The first-order valence-corrected chi connectivity index (χ1v) is 10.1. The summed E-state index contributed by atoms with van der Waals surface area (Å²) in [6, 6.07) is 27.1. The Labute approximate surface area is 138 Å². The van der Waals surface area contributed by atoms with E-state index < -0.39 is 29.2 Å². The predicted molar refractivity (Wildman–Crippen MR) is 86.2 cm³/mol. The third-order valence-electron chi connectivity index (χ3n) is 4.48. The summed E-state index contributed by atoms with van der Waals surface area (Å²) in [5, 5.41) is 5.58. The van der Waals surface area contributed by atoms with E-state index in [1.54, 1.807) is 4.75 Å². The molecular formula is C20H12Y. The van der Waals surface area contributed by atoms with E-state index in [9.17, 15) is 0 Å². The molecule has 0 saturated carbocycles. The van der Waals surface area contributed by atoms with E-state index in [2.05, 4.69) is 72.8 Å². The Morgan fingerprint density at radius 1 is 0.571 bits per heavy atom. The molecule has 1 heterocycles. The average molecular weight is 341 g/mol. The number of fused-ring (bicyclic) bond motifs is 6. The zero-order valence-corrected chi connectivity index (χ0v) is 14.3. The van der Waals surface area contributed by atoms with Crippen LogP contribution in [0, 0.1) is 0 Å². The van der Waals surface area contributed by atoms with Gasteiger partial charge in [0.05, 0.1) is 0 Å². The van der Waals surface area contributed by atoms with Gasteiger partial charge in [0.25, 0.3) is 0 Å². The van der Waals surface area contributed by atoms with Gasteiger partial charge in [0.15, 0.2) is 0 Å². The first-order valence-electron chi connectivity index (χ1n) is 7.30. The van der Waals surface area contributed by atoms with Crippen molar-refractivity contribution in [2.45, 2.75) is 0 Å². The maximum atomic E-state index is 2.40. The summed E-state index contributed by atoms with van der Waals surface area (Å²) in [7, 11) is 0. The zero-order chi connectivity index (χ0) is 13.8. The molecule has 0 N–H and O–H groups in total. The molecule has 0 aromatic heterocycles. The minimum atomic E-state index is -0.865. The van der Waals surface area contributed by atoms with Crippen LogP contribution in [0.3, 0.4) is 0 Å². The Bertz CT molecular complexity index is 1010. The molecule has 0 saturated heterocycles. The van der Waals surface area contributed by atoms with Gasteiger partial charge in [-0.2, -0.15) is 0 Å². The number of hydrogen-bond donors (Lipinski definition) is 0. The van der Waals surface area contributed by atoms with Crippen LogP contribution in [-0.4, -0.2) is 0 Å². The van der Waals surface area contributed by atoms with Gasteiger partial charge in [0.1, 0.15) is 0 Å². The van der Waals surface area contributed by atoms with Crippen LogP contribution < -0.4 is 4.75 Å². The van der Waals surface area contributed by atoms with E-state index in [0.717, 1.165) is 0 Å². The molecule has 1 aliphatic rings. The predicted octanol–water partition coefficient (Wildman–Crippen LogP) is 4.01. The van der Waals surface area contributed by atoms with E-state index in [4.69, 9.17) is 0 Å². The van der Waals surface area contributed by atoms with Crippen molar-refractivity contribution in [3.63, 3.8) is 0 Å². The number of rotatable bonds is 0. The van der Waals surface area contributed by atoms with E-state index in [1.807, 2.05) is 0 Å². The molecule has 5 rings (SSSR count). The standard InChI is InChI=1S/C20H12.Y/c1-2-6-15(7-3-1)18-10-11-19-12-16-8-4-5-9-17(16)13-20(19)14-18;/h1-6,8-13H;. The SMILES string of the molecule is c1ccc2[c](c1)[Y][c]1c-2ccc2cc3ccccc3cc12. The van der Waals surface area contributed by atoms with E-state index in [-0.39, 0.29) is 0 Å². The van der Waals surface area contributed by atoms with E-state index in [1.165, 1.54) is 32.7 Å². The maximum absolute atomic E-state index is 2.40. The molecule has 0 aliphatic carbocycles. The molecule has 0 spiro atoms. The number of hydrogen-bond acceptors (Lipinski definition) is 0. The molecule has 0 amide bonds. The van der Waals surface area contributed by atoms with Gasteiger partial charge < -0.3 is 0 Å². The van der Waals surface area contributed by atoms with Gasteiger partial charge in [0.2, 0.25) is 0 Å². The van der Waals surface area contributed by atoms with Crippen molar-refractivity contribution in [2.75, 3.05) is 0 Å². The topological polar surface area (TPSA) is 0 Å². The second-order valence-electron chi connectivity index (χ2n) is 5.68. The van der Waals surface area contributed by atoms with Crippen LogP contribution >= 0.6 is 0 Å². The van der Waals surface area contributed by atoms with Crippen molar-refractivity contribution in [2.24, 2.45) is 0 Å². The number of benzene rings is 4. The second kappa shape index (κ2) is 4.50. The van der Waals surface area contributed by atoms with Crippen molar-refractivity contribution in [1.29, 1.82) is 0 Å². The second-order valence-corrected chi connectivity index (χ2v) is 9.34. The molecule has 95 valence electrons. The fourth-order valence-electron chi connectivity index (χ4n) is 3.45. The minimum absolute atomic E-state index is 0.865. The molecule has 0 bridgehead atoms. The van der Waals surface area contributed by atoms with Crippen LogP contribution in [0.2, 0.25) is 0 Å². The van der Waals surface area contributed by atoms with Gasteiger partial charge in [-0.25, -0.2) is 0 Å². The van der Waals surface area contributed by atoms with Crippen LogP contribution in [0.4, 0.5) is 0 Å².